The number of nitrogens with zero attached hydrogens (tertiary/aromatic N) is 2. The average molecular weight is 379 g/mol. The maximum absolute atomic E-state index is 12.8. The van der Waals surface area contributed by atoms with E-state index in [2.05, 4.69) is 10.3 Å². The standard InChI is InChI=1S/C21H21N3O4/c1-3-24-11-16(19(25)15-9-8-13(2)23-20(15)24)21(26)22-10-14-12-27-17-6-4-5-7-18(17)28-14/h4-9,11,14H,3,10,12H2,1-2H3,(H,22,26). The number of nitrogens with one attached hydrogen (secondary N) is 1. The van der Waals surface area contributed by atoms with Gasteiger partial charge in [0.2, 0.25) is 5.43 Å². The lowest BCUT2D eigenvalue weighted by atomic mass is 10.1. The molecule has 1 aliphatic heterocycles. The number of hydrogen-bond donors (Lipinski definition) is 1. The summed E-state index contributed by atoms with van der Waals surface area (Å²) in [5, 5.41) is 3.23. The van der Waals surface area contributed by atoms with Crippen LogP contribution < -0.4 is 20.2 Å². The molecule has 0 saturated carbocycles. The smallest absolute Gasteiger partial charge is 0.256 e. The molecular formula is C21H21N3O4. The van der Waals surface area contributed by atoms with Gasteiger partial charge in [-0.15, -0.1) is 0 Å². The molecule has 1 amide bonds. The largest absolute Gasteiger partial charge is 0.486 e. The third-order valence-electron chi connectivity index (χ3n) is 4.70. The molecule has 7 nitrogen and oxygen atoms in total. The van der Waals surface area contributed by atoms with Gasteiger partial charge in [0.25, 0.3) is 5.91 Å². The summed E-state index contributed by atoms with van der Waals surface area (Å²) in [6.07, 6.45) is 1.25. The molecule has 3 heterocycles. The molecule has 0 spiro atoms. The van der Waals surface area contributed by atoms with Crippen LogP contribution in [0.2, 0.25) is 0 Å². The van der Waals surface area contributed by atoms with Gasteiger partial charge in [-0.3, -0.25) is 9.59 Å². The van der Waals surface area contributed by atoms with Crippen LogP contribution in [0.15, 0.2) is 47.4 Å². The van der Waals surface area contributed by atoms with E-state index in [9.17, 15) is 9.59 Å². The maximum atomic E-state index is 12.8. The molecule has 1 aliphatic rings. The Bertz CT molecular complexity index is 1110. The van der Waals surface area contributed by atoms with Gasteiger partial charge in [0.1, 0.15) is 23.9 Å². The van der Waals surface area contributed by atoms with E-state index in [1.54, 1.807) is 18.3 Å². The number of pyridine rings is 2. The molecule has 0 radical (unpaired) electrons. The van der Waals surface area contributed by atoms with E-state index in [1.165, 1.54) is 0 Å². The van der Waals surface area contributed by atoms with E-state index in [-0.39, 0.29) is 23.6 Å². The van der Waals surface area contributed by atoms with Gasteiger partial charge < -0.3 is 19.4 Å². The van der Waals surface area contributed by atoms with Crippen molar-refractivity contribution >= 4 is 16.9 Å². The molecule has 1 unspecified atom stereocenters. The van der Waals surface area contributed by atoms with Crippen molar-refractivity contribution < 1.29 is 14.3 Å². The fraction of sp³-hybridized carbons (Fsp3) is 0.286. The lowest BCUT2D eigenvalue weighted by Crippen LogP contribution is -2.41. The minimum atomic E-state index is -0.433. The molecule has 3 aromatic rings. The number of rotatable bonds is 4. The van der Waals surface area contributed by atoms with E-state index in [0.717, 1.165) is 5.69 Å². The predicted octanol–water partition coefficient (Wildman–Crippen LogP) is 2.29. The van der Waals surface area contributed by atoms with Crippen molar-refractivity contribution in [2.75, 3.05) is 13.2 Å². The van der Waals surface area contributed by atoms with Crippen molar-refractivity contribution in [1.29, 1.82) is 0 Å². The molecule has 0 fully saturated rings. The van der Waals surface area contributed by atoms with Crippen LogP contribution in [-0.4, -0.2) is 34.7 Å². The topological polar surface area (TPSA) is 82.5 Å². The zero-order chi connectivity index (χ0) is 19.7. The molecule has 7 heteroatoms. The quantitative estimate of drug-likeness (QED) is 0.752. The number of benzene rings is 1. The van der Waals surface area contributed by atoms with Gasteiger partial charge in [-0.05, 0) is 38.1 Å². The molecule has 2 aromatic heterocycles. The SMILES string of the molecule is CCn1cc(C(=O)NCC2COc3ccccc3O2)c(=O)c2ccc(C)nc21. The lowest BCUT2D eigenvalue weighted by molar-refractivity contribution is 0.0788. The zero-order valence-corrected chi connectivity index (χ0v) is 15.8. The van der Waals surface area contributed by atoms with E-state index in [4.69, 9.17) is 9.47 Å². The van der Waals surface area contributed by atoms with Gasteiger partial charge in [-0.2, -0.15) is 0 Å². The average Bonchev–Trinajstić information content (AvgIpc) is 2.72. The third-order valence-corrected chi connectivity index (χ3v) is 4.70. The minimum Gasteiger partial charge on any atom is -0.486 e. The van der Waals surface area contributed by atoms with Crippen molar-refractivity contribution in [1.82, 2.24) is 14.9 Å². The van der Waals surface area contributed by atoms with Crippen LogP contribution in [0.4, 0.5) is 0 Å². The Morgan fingerprint density at radius 3 is 2.82 bits per heavy atom. The van der Waals surface area contributed by atoms with E-state index in [0.29, 0.717) is 35.7 Å². The second-order valence-electron chi connectivity index (χ2n) is 6.69. The van der Waals surface area contributed by atoms with Gasteiger partial charge in [0.15, 0.2) is 11.5 Å². The van der Waals surface area contributed by atoms with Gasteiger partial charge in [0, 0.05) is 18.4 Å². The summed E-state index contributed by atoms with van der Waals surface area (Å²) in [6.45, 7) is 4.99. The molecule has 1 atom stereocenters. The van der Waals surface area contributed by atoms with Gasteiger partial charge >= 0.3 is 0 Å². The molecule has 4 rings (SSSR count). The number of aryl methyl sites for hydroxylation is 2. The van der Waals surface area contributed by atoms with Crippen molar-refractivity contribution in [3.05, 3.63) is 64.1 Å². The second-order valence-corrected chi connectivity index (χ2v) is 6.69. The Hall–Kier alpha value is -3.35. The monoisotopic (exact) mass is 379 g/mol. The Balaban J connectivity index is 1.54. The Morgan fingerprint density at radius 1 is 1.25 bits per heavy atom. The van der Waals surface area contributed by atoms with Crippen LogP contribution in [0.3, 0.4) is 0 Å². The normalized spacial score (nSPS) is 15.4. The number of carbonyl (C=O) groups excluding carboxylic acids is 1. The molecule has 1 N–H and O–H groups in total. The minimum absolute atomic E-state index is 0.0946. The van der Waals surface area contributed by atoms with E-state index < -0.39 is 5.91 Å². The third kappa shape index (κ3) is 3.31. The van der Waals surface area contributed by atoms with Gasteiger partial charge in [-0.25, -0.2) is 4.98 Å². The summed E-state index contributed by atoms with van der Waals surface area (Å²) in [5.74, 6) is 0.902. The summed E-state index contributed by atoms with van der Waals surface area (Å²) < 4.78 is 13.3. The number of hydrogen-bond acceptors (Lipinski definition) is 5. The van der Waals surface area contributed by atoms with Crippen molar-refractivity contribution in [2.45, 2.75) is 26.5 Å². The van der Waals surface area contributed by atoms with E-state index >= 15 is 0 Å². The molecule has 144 valence electrons. The van der Waals surface area contributed by atoms with Crippen LogP contribution in [0.1, 0.15) is 23.0 Å². The highest BCUT2D eigenvalue weighted by atomic mass is 16.6. The summed E-state index contributed by atoms with van der Waals surface area (Å²) in [5.41, 5.74) is 1.18. The molecule has 28 heavy (non-hydrogen) atoms. The maximum Gasteiger partial charge on any atom is 0.256 e. The first kappa shape index (κ1) is 18.0. The van der Waals surface area contributed by atoms with Crippen LogP contribution in [0.25, 0.3) is 11.0 Å². The number of ether oxygens (including phenoxy) is 2. The van der Waals surface area contributed by atoms with Crippen molar-refractivity contribution in [3.63, 3.8) is 0 Å². The Morgan fingerprint density at radius 2 is 2.04 bits per heavy atom. The van der Waals surface area contributed by atoms with E-state index in [1.807, 2.05) is 42.7 Å². The summed E-state index contributed by atoms with van der Waals surface area (Å²) in [6, 6.07) is 10.9. The summed E-state index contributed by atoms with van der Waals surface area (Å²) in [7, 11) is 0. The molecule has 0 bridgehead atoms. The summed E-state index contributed by atoms with van der Waals surface area (Å²) in [4.78, 5) is 29.9. The number of carbonyl (C=O) groups is 1. The molecule has 0 saturated heterocycles. The van der Waals surface area contributed by atoms with Crippen LogP contribution in [0, 0.1) is 6.92 Å². The number of aromatic nitrogens is 2. The van der Waals surface area contributed by atoms with Crippen LogP contribution in [-0.2, 0) is 6.54 Å². The fourth-order valence-electron chi connectivity index (χ4n) is 3.23. The first-order valence-electron chi connectivity index (χ1n) is 9.24. The van der Waals surface area contributed by atoms with Gasteiger partial charge in [-0.1, -0.05) is 12.1 Å². The van der Waals surface area contributed by atoms with Crippen molar-refractivity contribution in [3.8, 4) is 11.5 Å². The predicted molar refractivity (Wildman–Crippen MR) is 105 cm³/mol. The first-order chi connectivity index (χ1) is 13.6. The van der Waals surface area contributed by atoms with Crippen molar-refractivity contribution in [2.24, 2.45) is 0 Å². The summed E-state index contributed by atoms with van der Waals surface area (Å²) >= 11 is 0. The number of amides is 1. The lowest BCUT2D eigenvalue weighted by Gasteiger charge is -2.26. The fourth-order valence-corrected chi connectivity index (χ4v) is 3.23. The highest BCUT2D eigenvalue weighted by molar-refractivity contribution is 5.96. The zero-order valence-electron chi connectivity index (χ0n) is 15.8. The van der Waals surface area contributed by atoms with Gasteiger partial charge in [0.05, 0.1) is 11.9 Å². The highest BCUT2D eigenvalue weighted by Crippen LogP contribution is 2.30. The Labute approximate surface area is 161 Å². The molecular weight excluding hydrogens is 358 g/mol. The molecule has 0 aliphatic carbocycles. The second kappa shape index (κ2) is 7.34. The molecule has 1 aromatic carbocycles. The Kier molecular flexibility index (Phi) is 4.73. The first-order valence-corrected chi connectivity index (χ1v) is 9.24. The highest BCUT2D eigenvalue weighted by Gasteiger charge is 2.22. The van der Waals surface area contributed by atoms with Crippen LogP contribution in [0.5, 0.6) is 11.5 Å². The number of para-hydroxylation sites is 2. The van der Waals surface area contributed by atoms with Crippen LogP contribution >= 0.6 is 0 Å². The number of fused-ring (bicyclic) bond motifs is 2.